The Bertz CT molecular complexity index is 394. The fraction of sp³-hybridized carbons (Fsp3) is 0.538. The first kappa shape index (κ1) is 14.1. The number of benzene rings is 1. The van der Waals surface area contributed by atoms with Crippen LogP contribution in [0.4, 0.5) is 0 Å². The van der Waals surface area contributed by atoms with Crippen LogP contribution in [0.25, 0.3) is 0 Å². The third kappa shape index (κ3) is 3.16. The van der Waals surface area contributed by atoms with Gasteiger partial charge >= 0.3 is 0 Å². The van der Waals surface area contributed by atoms with E-state index >= 15 is 0 Å². The summed E-state index contributed by atoms with van der Waals surface area (Å²) in [5.41, 5.74) is 0.936. The number of aliphatic hydroxyl groups is 1. The molecule has 5 heteroatoms. The van der Waals surface area contributed by atoms with Crippen molar-refractivity contribution < 1.29 is 9.84 Å². The third-order valence-corrected chi connectivity index (χ3v) is 3.97. The molecule has 18 heavy (non-hydrogen) atoms. The Morgan fingerprint density at radius 3 is 2.67 bits per heavy atom. The zero-order valence-electron chi connectivity index (χ0n) is 10.3. The summed E-state index contributed by atoms with van der Waals surface area (Å²) in [6.45, 7) is 4.13. The van der Waals surface area contributed by atoms with E-state index in [1.165, 1.54) is 0 Å². The average molecular weight is 290 g/mol. The molecule has 1 saturated heterocycles. The molecule has 1 N–H and O–H groups in total. The van der Waals surface area contributed by atoms with Gasteiger partial charge in [0, 0.05) is 34.7 Å². The Labute approximate surface area is 117 Å². The van der Waals surface area contributed by atoms with Gasteiger partial charge in [-0.05, 0) is 19.1 Å². The lowest BCUT2D eigenvalue weighted by Crippen LogP contribution is -2.48. The summed E-state index contributed by atoms with van der Waals surface area (Å²) in [6, 6.07) is 5.82. The summed E-state index contributed by atoms with van der Waals surface area (Å²) in [4.78, 5) is 2.23. The minimum Gasteiger partial charge on any atom is -0.394 e. The van der Waals surface area contributed by atoms with E-state index < -0.39 is 0 Å². The highest BCUT2D eigenvalue weighted by Crippen LogP contribution is 2.27. The molecular weight excluding hydrogens is 273 g/mol. The van der Waals surface area contributed by atoms with E-state index in [-0.39, 0.29) is 12.7 Å². The Balaban J connectivity index is 2.12. The van der Waals surface area contributed by atoms with Crippen LogP contribution in [-0.2, 0) is 11.3 Å². The van der Waals surface area contributed by atoms with E-state index in [4.69, 9.17) is 33.0 Å². The molecule has 0 saturated carbocycles. The van der Waals surface area contributed by atoms with E-state index in [9.17, 15) is 0 Å². The summed E-state index contributed by atoms with van der Waals surface area (Å²) in [7, 11) is 0. The monoisotopic (exact) mass is 289 g/mol. The number of hydrogen-bond acceptors (Lipinski definition) is 3. The van der Waals surface area contributed by atoms with Gasteiger partial charge in [0.1, 0.15) is 0 Å². The van der Waals surface area contributed by atoms with Crippen LogP contribution in [0.1, 0.15) is 12.5 Å². The van der Waals surface area contributed by atoms with Crippen molar-refractivity contribution in [1.29, 1.82) is 0 Å². The Morgan fingerprint density at radius 2 is 2.06 bits per heavy atom. The molecule has 1 aliphatic heterocycles. The number of rotatable bonds is 3. The SMILES string of the molecule is CC1COC(CO)CN1Cc1c(Cl)cccc1Cl. The van der Waals surface area contributed by atoms with Gasteiger partial charge in [-0.25, -0.2) is 0 Å². The standard InChI is InChI=1S/C13H17Cl2NO2/c1-9-8-18-10(7-17)5-16(9)6-11-12(14)3-2-4-13(11)15/h2-4,9-10,17H,5-8H2,1H3. The Morgan fingerprint density at radius 1 is 1.39 bits per heavy atom. The number of ether oxygens (including phenoxy) is 1. The van der Waals surface area contributed by atoms with Crippen molar-refractivity contribution >= 4 is 23.2 Å². The number of morpholine rings is 1. The fourth-order valence-electron chi connectivity index (χ4n) is 2.09. The fourth-order valence-corrected chi connectivity index (χ4v) is 2.61. The van der Waals surface area contributed by atoms with Gasteiger partial charge in [-0.1, -0.05) is 29.3 Å². The van der Waals surface area contributed by atoms with E-state index in [0.717, 1.165) is 5.56 Å². The van der Waals surface area contributed by atoms with Crippen LogP contribution in [0.15, 0.2) is 18.2 Å². The number of nitrogens with zero attached hydrogens (tertiary/aromatic N) is 1. The van der Waals surface area contributed by atoms with E-state index in [1.54, 1.807) is 0 Å². The normalized spacial score (nSPS) is 25.3. The van der Waals surface area contributed by atoms with Gasteiger partial charge in [0.05, 0.1) is 19.3 Å². The van der Waals surface area contributed by atoms with Crippen molar-refractivity contribution in [2.45, 2.75) is 25.6 Å². The maximum absolute atomic E-state index is 9.17. The summed E-state index contributed by atoms with van der Waals surface area (Å²) in [5, 5.41) is 10.5. The molecule has 0 spiro atoms. The molecule has 0 radical (unpaired) electrons. The predicted molar refractivity (Wildman–Crippen MR) is 73.2 cm³/mol. The van der Waals surface area contributed by atoms with Gasteiger partial charge in [0.2, 0.25) is 0 Å². The lowest BCUT2D eigenvalue weighted by atomic mass is 10.1. The highest BCUT2D eigenvalue weighted by molar-refractivity contribution is 6.35. The zero-order valence-corrected chi connectivity index (χ0v) is 11.8. The maximum Gasteiger partial charge on any atom is 0.0933 e. The third-order valence-electron chi connectivity index (χ3n) is 3.26. The molecule has 100 valence electrons. The average Bonchev–Trinajstić information content (AvgIpc) is 2.36. The molecule has 2 rings (SSSR count). The molecule has 0 amide bonds. The molecule has 1 heterocycles. The topological polar surface area (TPSA) is 32.7 Å². The van der Waals surface area contributed by atoms with Crippen LogP contribution in [0.3, 0.4) is 0 Å². The van der Waals surface area contributed by atoms with Gasteiger partial charge in [-0.3, -0.25) is 4.90 Å². The molecule has 1 fully saturated rings. The lowest BCUT2D eigenvalue weighted by molar-refractivity contribution is -0.0805. The summed E-state index contributed by atoms with van der Waals surface area (Å²) >= 11 is 12.3. The van der Waals surface area contributed by atoms with Crippen molar-refractivity contribution in [3.8, 4) is 0 Å². The molecule has 0 aromatic heterocycles. The van der Waals surface area contributed by atoms with Crippen molar-refractivity contribution in [2.75, 3.05) is 19.8 Å². The smallest absolute Gasteiger partial charge is 0.0933 e. The highest BCUT2D eigenvalue weighted by Gasteiger charge is 2.26. The molecule has 2 atom stereocenters. The molecule has 1 aromatic rings. The van der Waals surface area contributed by atoms with Crippen molar-refractivity contribution in [3.05, 3.63) is 33.8 Å². The highest BCUT2D eigenvalue weighted by atomic mass is 35.5. The molecule has 0 aliphatic carbocycles. The van der Waals surface area contributed by atoms with Crippen LogP contribution >= 0.6 is 23.2 Å². The minimum absolute atomic E-state index is 0.0411. The lowest BCUT2D eigenvalue weighted by Gasteiger charge is -2.37. The molecule has 1 aromatic carbocycles. The zero-order chi connectivity index (χ0) is 13.1. The number of aliphatic hydroxyl groups excluding tert-OH is 1. The van der Waals surface area contributed by atoms with Gasteiger partial charge in [-0.2, -0.15) is 0 Å². The predicted octanol–water partition coefficient (Wildman–Crippen LogP) is 2.58. The molecule has 2 unspecified atom stereocenters. The molecule has 0 bridgehead atoms. The maximum atomic E-state index is 9.17. The molecular formula is C13H17Cl2NO2. The van der Waals surface area contributed by atoms with Crippen molar-refractivity contribution in [3.63, 3.8) is 0 Å². The first-order valence-electron chi connectivity index (χ1n) is 6.01. The van der Waals surface area contributed by atoms with Crippen LogP contribution in [-0.4, -0.2) is 41.9 Å². The van der Waals surface area contributed by atoms with Gasteiger partial charge in [-0.15, -0.1) is 0 Å². The second-order valence-corrected chi connectivity index (χ2v) is 5.43. The van der Waals surface area contributed by atoms with Crippen molar-refractivity contribution in [1.82, 2.24) is 4.90 Å². The molecule has 3 nitrogen and oxygen atoms in total. The first-order valence-corrected chi connectivity index (χ1v) is 6.76. The molecule has 1 aliphatic rings. The van der Waals surface area contributed by atoms with Gasteiger partial charge < -0.3 is 9.84 Å². The van der Waals surface area contributed by atoms with E-state index in [2.05, 4.69) is 11.8 Å². The van der Waals surface area contributed by atoms with Crippen LogP contribution < -0.4 is 0 Å². The Hall–Kier alpha value is -0.320. The second-order valence-electron chi connectivity index (χ2n) is 4.62. The quantitative estimate of drug-likeness (QED) is 0.928. The van der Waals surface area contributed by atoms with E-state index in [1.807, 2.05) is 18.2 Å². The summed E-state index contributed by atoms with van der Waals surface area (Å²) in [5.74, 6) is 0. The Kier molecular flexibility index (Phi) is 4.87. The van der Waals surface area contributed by atoms with Crippen LogP contribution in [0.5, 0.6) is 0 Å². The summed E-state index contributed by atoms with van der Waals surface area (Å²) in [6.07, 6.45) is -0.123. The largest absolute Gasteiger partial charge is 0.394 e. The van der Waals surface area contributed by atoms with Gasteiger partial charge in [0.25, 0.3) is 0 Å². The second kappa shape index (κ2) is 6.22. The van der Waals surface area contributed by atoms with E-state index in [0.29, 0.717) is 35.8 Å². The van der Waals surface area contributed by atoms with Crippen LogP contribution in [0.2, 0.25) is 10.0 Å². The van der Waals surface area contributed by atoms with Crippen LogP contribution in [0, 0.1) is 0 Å². The minimum atomic E-state index is -0.123. The first-order chi connectivity index (χ1) is 8.61. The number of halogens is 2. The van der Waals surface area contributed by atoms with Crippen molar-refractivity contribution in [2.24, 2.45) is 0 Å². The summed E-state index contributed by atoms with van der Waals surface area (Å²) < 4.78 is 5.51. The number of hydrogen-bond donors (Lipinski definition) is 1. The van der Waals surface area contributed by atoms with Gasteiger partial charge in [0.15, 0.2) is 0 Å².